The van der Waals surface area contributed by atoms with E-state index in [1.807, 2.05) is 0 Å². The van der Waals surface area contributed by atoms with E-state index in [1.165, 1.54) is 16.5 Å². The summed E-state index contributed by atoms with van der Waals surface area (Å²) in [5.41, 5.74) is 6.73. The van der Waals surface area contributed by atoms with E-state index in [2.05, 4.69) is 55.0 Å². The van der Waals surface area contributed by atoms with Gasteiger partial charge in [0.05, 0.1) is 6.54 Å². The maximum Gasteiger partial charge on any atom is 0.0833 e. The van der Waals surface area contributed by atoms with Gasteiger partial charge in [-0.1, -0.05) is 32.0 Å². The molecule has 0 amide bonds. The van der Waals surface area contributed by atoms with Crippen molar-refractivity contribution in [2.24, 2.45) is 0 Å². The van der Waals surface area contributed by atoms with Gasteiger partial charge in [0, 0.05) is 22.5 Å². The predicted molar refractivity (Wildman–Crippen MR) is 59.1 cm³/mol. The Kier molecular flexibility index (Phi) is 2.08. The van der Waals surface area contributed by atoms with Crippen molar-refractivity contribution >= 4 is 10.9 Å². The van der Waals surface area contributed by atoms with Crippen molar-refractivity contribution in [1.29, 1.82) is 0 Å². The Balaban J connectivity index is 2.64. The first-order valence-corrected chi connectivity index (χ1v) is 5.01. The van der Waals surface area contributed by atoms with Gasteiger partial charge in [0.2, 0.25) is 0 Å². The van der Waals surface area contributed by atoms with E-state index >= 15 is 0 Å². The van der Waals surface area contributed by atoms with Crippen LogP contribution in [-0.2, 0) is 5.41 Å². The van der Waals surface area contributed by atoms with Crippen LogP contribution >= 0.6 is 0 Å². The highest BCUT2D eigenvalue weighted by Crippen LogP contribution is 2.28. The first-order valence-electron chi connectivity index (χ1n) is 5.01. The molecule has 2 aromatic rings. The lowest BCUT2D eigenvalue weighted by molar-refractivity contribution is -0.380. The molecule has 74 valence electrons. The fourth-order valence-corrected chi connectivity index (χ4v) is 1.77. The first kappa shape index (κ1) is 9.28. The molecule has 0 saturated carbocycles. The highest BCUT2D eigenvalue weighted by atomic mass is 14.7. The van der Waals surface area contributed by atoms with Gasteiger partial charge in [0.15, 0.2) is 0 Å². The van der Waals surface area contributed by atoms with Crippen LogP contribution in [0.25, 0.3) is 10.9 Å². The summed E-state index contributed by atoms with van der Waals surface area (Å²) in [6, 6.07) is 8.41. The predicted octanol–water partition coefficient (Wildman–Crippen LogP) is 1.69. The zero-order valence-electron chi connectivity index (χ0n) is 8.80. The molecule has 0 atom stereocenters. The van der Waals surface area contributed by atoms with Crippen LogP contribution in [0, 0.1) is 0 Å². The Labute approximate surface area is 84.1 Å². The number of nitrogens with one attached hydrogen (secondary N) is 1. The SMILES string of the molecule is CC(C)(C[NH3+])c1c[nH]c2ccccc12. The number of benzene rings is 1. The Morgan fingerprint density at radius 1 is 1.29 bits per heavy atom. The molecule has 1 heterocycles. The summed E-state index contributed by atoms with van der Waals surface area (Å²) in [6.45, 7) is 5.38. The van der Waals surface area contributed by atoms with Gasteiger partial charge < -0.3 is 10.7 Å². The second-order valence-corrected chi connectivity index (χ2v) is 4.38. The average molecular weight is 189 g/mol. The van der Waals surface area contributed by atoms with E-state index < -0.39 is 0 Å². The molecule has 1 aromatic carbocycles. The molecule has 2 heteroatoms. The van der Waals surface area contributed by atoms with Crippen LogP contribution in [0.2, 0.25) is 0 Å². The largest absolute Gasteiger partial charge is 0.361 e. The fourth-order valence-electron chi connectivity index (χ4n) is 1.77. The second-order valence-electron chi connectivity index (χ2n) is 4.38. The summed E-state index contributed by atoms with van der Waals surface area (Å²) in [5.74, 6) is 0. The molecular formula is C12H17N2+. The fraction of sp³-hybridized carbons (Fsp3) is 0.333. The van der Waals surface area contributed by atoms with Crippen LogP contribution in [0.5, 0.6) is 0 Å². The first-order chi connectivity index (χ1) is 6.65. The minimum atomic E-state index is 0.152. The second kappa shape index (κ2) is 3.14. The van der Waals surface area contributed by atoms with E-state index in [1.54, 1.807) is 0 Å². The van der Waals surface area contributed by atoms with E-state index in [0.717, 1.165) is 6.54 Å². The zero-order valence-corrected chi connectivity index (χ0v) is 8.80. The van der Waals surface area contributed by atoms with Crippen molar-refractivity contribution in [2.45, 2.75) is 19.3 Å². The van der Waals surface area contributed by atoms with Gasteiger partial charge >= 0.3 is 0 Å². The monoisotopic (exact) mass is 189 g/mol. The molecule has 0 saturated heterocycles. The van der Waals surface area contributed by atoms with Crippen LogP contribution in [0.3, 0.4) is 0 Å². The Hall–Kier alpha value is -1.28. The molecule has 0 aliphatic heterocycles. The van der Waals surface area contributed by atoms with Crippen LogP contribution in [0.15, 0.2) is 30.5 Å². The standard InChI is InChI=1S/C12H16N2/c1-12(2,8-13)10-7-14-11-6-4-3-5-9(10)11/h3-7,14H,8,13H2,1-2H3/p+1. The summed E-state index contributed by atoms with van der Waals surface area (Å²) in [5, 5.41) is 1.32. The molecule has 14 heavy (non-hydrogen) atoms. The number of aromatic amines is 1. The number of quaternary nitrogens is 1. The van der Waals surface area contributed by atoms with Gasteiger partial charge in [0.1, 0.15) is 0 Å². The van der Waals surface area contributed by atoms with E-state index in [-0.39, 0.29) is 5.41 Å². The summed E-state index contributed by atoms with van der Waals surface area (Å²) in [6.07, 6.45) is 2.11. The van der Waals surface area contributed by atoms with Crippen LogP contribution in [0.4, 0.5) is 0 Å². The number of aromatic nitrogens is 1. The Bertz CT molecular complexity index is 440. The minimum Gasteiger partial charge on any atom is -0.361 e. The molecule has 0 unspecified atom stereocenters. The zero-order chi connectivity index (χ0) is 10.2. The number of hydrogen-bond acceptors (Lipinski definition) is 0. The molecular weight excluding hydrogens is 172 g/mol. The highest BCUT2D eigenvalue weighted by Gasteiger charge is 2.23. The molecule has 0 spiro atoms. The highest BCUT2D eigenvalue weighted by molar-refractivity contribution is 5.84. The topological polar surface area (TPSA) is 43.4 Å². The van der Waals surface area contributed by atoms with E-state index in [0.29, 0.717) is 0 Å². The molecule has 0 aliphatic carbocycles. The normalized spacial score (nSPS) is 12.2. The maximum absolute atomic E-state index is 4.01. The molecule has 2 rings (SSSR count). The Morgan fingerprint density at radius 2 is 2.00 bits per heavy atom. The van der Waals surface area contributed by atoms with Crippen LogP contribution in [-0.4, -0.2) is 11.5 Å². The van der Waals surface area contributed by atoms with Gasteiger partial charge in [-0.15, -0.1) is 0 Å². The van der Waals surface area contributed by atoms with Gasteiger partial charge in [0.25, 0.3) is 0 Å². The van der Waals surface area contributed by atoms with Crippen LogP contribution in [0.1, 0.15) is 19.4 Å². The van der Waals surface area contributed by atoms with Crippen LogP contribution < -0.4 is 5.73 Å². The molecule has 0 aliphatic rings. The third-order valence-corrected chi connectivity index (χ3v) is 2.94. The van der Waals surface area contributed by atoms with Crippen molar-refractivity contribution in [3.05, 3.63) is 36.0 Å². The number of fused-ring (bicyclic) bond motifs is 1. The Morgan fingerprint density at radius 3 is 2.71 bits per heavy atom. The number of para-hydroxylation sites is 1. The molecule has 1 aromatic heterocycles. The summed E-state index contributed by atoms with van der Waals surface area (Å²) < 4.78 is 0. The lowest BCUT2D eigenvalue weighted by Gasteiger charge is -2.19. The number of H-pyrrole nitrogens is 1. The molecule has 0 fully saturated rings. The third-order valence-electron chi connectivity index (χ3n) is 2.94. The lowest BCUT2D eigenvalue weighted by atomic mass is 9.85. The summed E-state index contributed by atoms with van der Waals surface area (Å²) in [7, 11) is 0. The quantitative estimate of drug-likeness (QED) is 0.722. The van der Waals surface area contributed by atoms with Gasteiger partial charge in [-0.25, -0.2) is 0 Å². The maximum atomic E-state index is 4.01. The van der Waals surface area contributed by atoms with Crippen molar-refractivity contribution in [1.82, 2.24) is 4.98 Å². The average Bonchev–Trinajstić information content (AvgIpc) is 2.61. The molecule has 4 N–H and O–H groups in total. The van der Waals surface area contributed by atoms with Crippen molar-refractivity contribution in [3.63, 3.8) is 0 Å². The van der Waals surface area contributed by atoms with Gasteiger partial charge in [-0.2, -0.15) is 0 Å². The van der Waals surface area contributed by atoms with E-state index in [4.69, 9.17) is 0 Å². The number of rotatable bonds is 2. The van der Waals surface area contributed by atoms with Gasteiger partial charge in [-0.05, 0) is 11.6 Å². The minimum absolute atomic E-state index is 0.152. The summed E-state index contributed by atoms with van der Waals surface area (Å²) in [4.78, 5) is 3.30. The molecule has 0 bridgehead atoms. The lowest BCUT2D eigenvalue weighted by Crippen LogP contribution is -2.58. The van der Waals surface area contributed by atoms with Crippen molar-refractivity contribution in [3.8, 4) is 0 Å². The number of hydrogen-bond donors (Lipinski definition) is 2. The summed E-state index contributed by atoms with van der Waals surface area (Å²) >= 11 is 0. The van der Waals surface area contributed by atoms with E-state index in [9.17, 15) is 0 Å². The van der Waals surface area contributed by atoms with Gasteiger partial charge in [-0.3, -0.25) is 0 Å². The van der Waals surface area contributed by atoms with Crippen molar-refractivity contribution in [2.75, 3.05) is 6.54 Å². The smallest absolute Gasteiger partial charge is 0.0833 e. The van der Waals surface area contributed by atoms with Crippen molar-refractivity contribution < 1.29 is 5.73 Å². The third kappa shape index (κ3) is 1.32. The molecule has 0 radical (unpaired) electrons. The molecule has 2 nitrogen and oxygen atoms in total.